The van der Waals surface area contributed by atoms with E-state index in [1.54, 1.807) is 17.2 Å². The molecule has 1 unspecified atom stereocenters. The van der Waals surface area contributed by atoms with Gasteiger partial charge in [-0.25, -0.2) is 8.78 Å². The van der Waals surface area contributed by atoms with Crippen LogP contribution in [0.15, 0.2) is 35.5 Å². The van der Waals surface area contributed by atoms with Crippen LogP contribution in [0, 0.1) is 5.92 Å². The summed E-state index contributed by atoms with van der Waals surface area (Å²) in [5, 5.41) is 3.81. The summed E-state index contributed by atoms with van der Waals surface area (Å²) in [6, 6.07) is 7.43. The van der Waals surface area contributed by atoms with Gasteiger partial charge in [0.25, 0.3) is 5.92 Å². The van der Waals surface area contributed by atoms with E-state index in [1.165, 1.54) is 0 Å². The van der Waals surface area contributed by atoms with Gasteiger partial charge >= 0.3 is 0 Å². The number of aromatic nitrogens is 1. The number of hydrogen-bond donors (Lipinski definition) is 1. The van der Waals surface area contributed by atoms with Gasteiger partial charge in [0.15, 0.2) is 0 Å². The average molecular weight is 430 g/mol. The zero-order valence-corrected chi connectivity index (χ0v) is 17.9. The lowest BCUT2D eigenvalue weighted by molar-refractivity contribution is -0.130. The fourth-order valence-corrected chi connectivity index (χ4v) is 4.67. The van der Waals surface area contributed by atoms with E-state index in [0.29, 0.717) is 12.2 Å². The van der Waals surface area contributed by atoms with Crippen LogP contribution in [0.3, 0.4) is 0 Å². The molecule has 2 aromatic rings. The summed E-state index contributed by atoms with van der Waals surface area (Å²) in [5.74, 6) is -3.97. The number of piperidine rings is 2. The number of halogens is 2. The molecular formula is C23H29F2N5O. The second kappa shape index (κ2) is 8.86. The number of rotatable bonds is 5. The quantitative estimate of drug-likeness (QED) is 0.742. The van der Waals surface area contributed by atoms with E-state index in [2.05, 4.69) is 26.9 Å². The van der Waals surface area contributed by atoms with Crippen LogP contribution < -0.4 is 10.2 Å². The zero-order chi connectivity index (χ0) is 22.0. The van der Waals surface area contributed by atoms with Crippen molar-refractivity contribution in [2.75, 3.05) is 38.1 Å². The smallest absolute Gasteiger partial charge is 0.266 e. The largest absolute Gasteiger partial charge is 0.364 e. The van der Waals surface area contributed by atoms with Crippen LogP contribution in [-0.2, 0) is 11.3 Å². The Labute approximate surface area is 181 Å². The van der Waals surface area contributed by atoms with Crippen molar-refractivity contribution >= 4 is 29.2 Å². The molecule has 6 nitrogen and oxygen atoms in total. The number of alkyl halides is 2. The molecule has 2 saturated heterocycles. The van der Waals surface area contributed by atoms with Crippen LogP contribution in [0.2, 0.25) is 0 Å². The number of carbonyl (C=O) groups is 1. The van der Waals surface area contributed by atoms with Gasteiger partial charge in [-0.05, 0) is 63.5 Å². The molecule has 0 radical (unpaired) electrons. The van der Waals surface area contributed by atoms with Crippen molar-refractivity contribution in [3.63, 3.8) is 0 Å². The molecule has 2 aliphatic rings. The number of carbonyl (C=O) groups excluding carboxylic acids is 1. The molecule has 1 aromatic heterocycles. The summed E-state index contributed by atoms with van der Waals surface area (Å²) < 4.78 is 29.4. The topological polar surface area (TPSA) is 60.8 Å². The lowest BCUT2D eigenvalue weighted by Gasteiger charge is -2.39. The molecule has 0 saturated carbocycles. The number of anilines is 1. The Hall–Kier alpha value is -2.61. The first-order valence-corrected chi connectivity index (χ1v) is 10.8. The normalized spacial score (nSPS) is 22.4. The molecule has 0 spiro atoms. The van der Waals surface area contributed by atoms with E-state index < -0.39 is 24.8 Å². The summed E-state index contributed by atoms with van der Waals surface area (Å²) in [4.78, 5) is 25.1. The second-order valence-electron chi connectivity index (χ2n) is 8.75. The monoisotopic (exact) mass is 429 g/mol. The molecule has 31 heavy (non-hydrogen) atoms. The number of nitrogens with zero attached hydrogens (tertiary/aromatic N) is 4. The van der Waals surface area contributed by atoms with Crippen LogP contribution in [0.4, 0.5) is 14.5 Å². The van der Waals surface area contributed by atoms with E-state index in [9.17, 15) is 13.6 Å². The minimum absolute atomic E-state index is 0.0587. The van der Waals surface area contributed by atoms with Gasteiger partial charge < -0.3 is 15.1 Å². The summed E-state index contributed by atoms with van der Waals surface area (Å²) in [7, 11) is 2.05. The van der Waals surface area contributed by atoms with E-state index in [0.717, 1.165) is 42.4 Å². The predicted octanol–water partition coefficient (Wildman–Crippen LogP) is 3.11. The highest BCUT2D eigenvalue weighted by molar-refractivity contribution is 5.94. The highest BCUT2D eigenvalue weighted by Crippen LogP contribution is 2.37. The Morgan fingerprint density at radius 2 is 2.10 bits per heavy atom. The zero-order valence-electron chi connectivity index (χ0n) is 17.9. The maximum Gasteiger partial charge on any atom is 0.266 e. The maximum atomic E-state index is 14.7. The molecule has 0 aliphatic carbocycles. The molecule has 1 aromatic carbocycles. The molecule has 0 bridgehead atoms. The van der Waals surface area contributed by atoms with Crippen LogP contribution in [0.5, 0.6) is 0 Å². The average Bonchev–Trinajstić information content (AvgIpc) is 2.74. The first-order chi connectivity index (χ1) is 14.9. The summed E-state index contributed by atoms with van der Waals surface area (Å²) in [5.41, 5.74) is 2.30. The third-order valence-electron chi connectivity index (χ3n) is 6.30. The van der Waals surface area contributed by atoms with Crippen LogP contribution >= 0.6 is 0 Å². The Kier molecular flexibility index (Phi) is 6.18. The van der Waals surface area contributed by atoms with Gasteiger partial charge in [-0.15, -0.1) is 0 Å². The van der Waals surface area contributed by atoms with Gasteiger partial charge in [0.2, 0.25) is 5.91 Å². The number of hydrogen-bond acceptors (Lipinski definition) is 5. The summed E-state index contributed by atoms with van der Waals surface area (Å²) >= 11 is 0. The fourth-order valence-electron chi connectivity index (χ4n) is 4.67. The van der Waals surface area contributed by atoms with Crippen molar-refractivity contribution in [1.82, 2.24) is 15.2 Å². The highest BCUT2D eigenvalue weighted by atomic mass is 19.3. The SMILES string of the molecule is C=NCc1ccc(N2CC(C(=O)NC3CCN(C)CC3)CC(F)(F)C2)c2cccnc12. The number of aliphatic imine (C=N–C) groups is 1. The Balaban J connectivity index is 1.57. The molecule has 3 heterocycles. The molecule has 8 heteroatoms. The number of nitrogens with one attached hydrogen (secondary N) is 1. The first-order valence-electron chi connectivity index (χ1n) is 10.8. The molecule has 2 aliphatic heterocycles. The lowest BCUT2D eigenvalue weighted by atomic mass is 9.92. The predicted molar refractivity (Wildman–Crippen MR) is 119 cm³/mol. The van der Waals surface area contributed by atoms with Crippen molar-refractivity contribution < 1.29 is 13.6 Å². The van der Waals surface area contributed by atoms with Gasteiger partial charge in [0.05, 0.1) is 24.5 Å². The molecule has 1 atom stereocenters. The maximum absolute atomic E-state index is 14.7. The first kappa shape index (κ1) is 21.6. The van der Waals surface area contributed by atoms with Gasteiger partial charge in [-0.2, -0.15) is 0 Å². The number of fused-ring (bicyclic) bond motifs is 1. The second-order valence-corrected chi connectivity index (χ2v) is 8.75. The van der Waals surface area contributed by atoms with Crippen molar-refractivity contribution in [3.05, 3.63) is 36.0 Å². The molecule has 1 amide bonds. The number of pyridine rings is 1. The minimum atomic E-state index is -2.94. The molecule has 166 valence electrons. The van der Waals surface area contributed by atoms with Gasteiger partial charge in [-0.1, -0.05) is 6.07 Å². The van der Waals surface area contributed by atoms with Crippen LogP contribution in [-0.4, -0.2) is 67.7 Å². The number of likely N-dealkylation sites (tertiary alicyclic amines) is 1. The van der Waals surface area contributed by atoms with Crippen molar-refractivity contribution in [2.45, 2.75) is 37.8 Å². The summed E-state index contributed by atoms with van der Waals surface area (Å²) in [6.07, 6.45) is 2.96. The third-order valence-corrected chi connectivity index (χ3v) is 6.30. The van der Waals surface area contributed by atoms with Crippen molar-refractivity contribution in [3.8, 4) is 0 Å². The van der Waals surface area contributed by atoms with Crippen molar-refractivity contribution in [1.29, 1.82) is 0 Å². The Morgan fingerprint density at radius 1 is 1.32 bits per heavy atom. The van der Waals surface area contributed by atoms with Gasteiger partial charge in [0, 0.05) is 36.3 Å². The highest BCUT2D eigenvalue weighted by Gasteiger charge is 2.43. The van der Waals surface area contributed by atoms with Gasteiger partial charge in [0.1, 0.15) is 0 Å². The summed E-state index contributed by atoms with van der Waals surface area (Å²) in [6.45, 7) is 5.61. The van der Waals surface area contributed by atoms with Crippen LogP contribution in [0.1, 0.15) is 24.8 Å². The lowest BCUT2D eigenvalue weighted by Crippen LogP contribution is -2.53. The van der Waals surface area contributed by atoms with Gasteiger partial charge in [-0.3, -0.25) is 14.8 Å². The Bertz CT molecular complexity index is 958. The van der Waals surface area contributed by atoms with Crippen molar-refractivity contribution in [2.24, 2.45) is 10.9 Å². The number of amides is 1. The van der Waals surface area contributed by atoms with E-state index in [-0.39, 0.29) is 18.5 Å². The molecular weight excluding hydrogens is 400 g/mol. The standard InChI is InChI=1S/C23H29F2N5O/c1-26-13-16-5-6-20(19-4-3-9-27-21(16)19)30-14-17(12-23(24,25)15-30)22(31)28-18-7-10-29(2)11-8-18/h3-6,9,17-18H,1,7-8,10-15H2,2H3,(H,28,31). The van der Waals surface area contributed by atoms with E-state index >= 15 is 0 Å². The molecule has 1 N–H and O–H groups in total. The Morgan fingerprint density at radius 3 is 2.84 bits per heavy atom. The molecule has 4 rings (SSSR count). The fraction of sp³-hybridized carbons (Fsp3) is 0.522. The van der Waals surface area contributed by atoms with Crippen LogP contribution in [0.25, 0.3) is 10.9 Å². The molecule has 2 fully saturated rings. The third kappa shape index (κ3) is 4.84. The number of benzene rings is 1. The minimum Gasteiger partial charge on any atom is -0.364 e. The van der Waals surface area contributed by atoms with E-state index in [4.69, 9.17) is 0 Å². The van der Waals surface area contributed by atoms with E-state index in [1.807, 2.05) is 25.2 Å².